The molecule has 4 aromatic rings. The summed E-state index contributed by atoms with van der Waals surface area (Å²) in [6.07, 6.45) is 0. The molecule has 2 N–H and O–H groups in total. The Morgan fingerprint density at radius 3 is 2.46 bits per heavy atom. The third kappa shape index (κ3) is 5.28. The number of thiophene rings is 1. The monoisotopic (exact) mass is 512 g/mol. The van der Waals surface area contributed by atoms with Crippen molar-refractivity contribution in [3.63, 3.8) is 0 Å². The molecule has 0 atom stereocenters. The van der Waals surface area contributed by atoms with Crippen molar-refractivity contribution in [1.82, 2.24) is 14.5 Å². The number of nitrogens with one attached hydrogen (secondary N) is 2. The molecule has 0 aliphatic heterocycles. The van der Waals surface area contributed by atoms with Gasteiger partial charge >= 0.3 is 5.69 Å². The lowest BCUT2D eigenvalue weighted by atomic mass is 10.2. The van der Waals surface area contributed by atoms with E-state index in [0.717, 1.165) is 15.9 Å². The lowest BCUT2D eigenvalue weighted by Gasteiger charge is -2.14. The molecular formula is C24H21ClN4O5S. The number of fused-ring (bicyclic) bond motifs is 1. The molecule has 0 bridgehead atoms. The number of amides is 2. The molecule has 2 aromatic carbocycles. The molecule has 180 valence electrons. The Balaban J connectivity index is 1.58. The minimum absolute atomic E-state index is 0.143. The average molecular weight is 513 g/mol. The molecule has 2 aromatic heterocycles. The molecule has 9 nitrogen and oxygen atoms in total. The van der Waals surface area contributed by atoms with Gasteiger partial charge in [0.15, 0.2) is 0 Å². The third-order valence-corrected chi connectivity index (χ3v) is 6.52. The van der Waals surface area contributed by atoms with Crippen LogP contribution in [-0.2, 0) is 29.2 Å². The van der Waals surface area contributed by atoms with Crippen LogP contribution in [0.4, 0.5) is 5.69 Å². The fourth-order valence-electron chi connectivity index (χ4n) is 3.54. The summed E-state index contributed by atoms with van der Waals surface area (Å²) < 4.78 is 7.52. The second-order valence-electron chi connectivity index (χ2n) is 7.51. The second kappa shape index (κ2) is 10.6. The van der Waals surface area contributed by atoms with Crippen molar-refractivity contribution in [3.05, 3.63) is 91.4 Å². The molecule has 35 heavy (non-hydrogen) atoms. The Morgan fingerprint density at radius 2 is 1.69 bits per heavy atom. The predicted molar refractivity (Wildman–Crippen MR) is 135 cm³/mol. The van der Waals surface area contributed by atoms with Crippen molar-refractivity contribution in [2.24, 2.45) is 0 Å². The number of methoxy groups -OCH3 is 1. The number of para-hydroxylation sites is 2. The summed E-state index contributed by atoms with van der Waals surface area (Å²) in [6.45, 7) is -0.709. The summed E-state index contributed by atoms with van der Waals surface area (Å²) in [6, 6.07) is 15.5. The first kappa shape index (κ1) is 24.2. The highest BCUT2D eigenvalue weighted by molar-refractivity contribution is 7.17. The fourth-order valence-corrected chi connectivity index (χ4v) is 4.59. The normalized spacial score (nSPS) is 10.8. The topological polar surface area (TPSA) is 111 Å². The molecule has 0 fully saturated rings. The first-order valence-corrected chi connectivity index (χ1v) is 11.8. The standard InChI is InChI=1S/C24H21ClN4O5S/c1-34-19-9-5-4-8-17(19)27-21(31)14-28-18-10-11-35-22(18)23(32)29(24(28)33)13-20(30)26-12-15-6-2-3-7-16(15)25/h2-11H,12-14H2,1H3,(H,26,30)(H,27,31). The second-order valence-corrected chi connectivity index (χ2v) is 8.83. The van der Waals surface area contributed by atoms with Gasteiger partial charge in [0.05, 0.1) is 18.3 Å². The zero-order valence-electron chi connectivity index (χ0n) is 18.6. The van der Waals surface area contributed by atoms with Gasteiger partial charge in [0, 0.05) is 11.6 Å². The summed E-state index contributed by atoms with van der Waals surface area (Å²) in [4.78, 5) is 51.5. The van der Waals surface area contributed by atoms with Gasteiger partial charge in [-0.15, -0.1) is 11.3 Å². The number of hydrogen-bond donors (Lipinski definition) is 2. The summed E-state index contributed by atoms with van der Waals surface area (Å²) in [5.41, 5.74) is 0.127. The highest BCUT2D eigenvalue weighted by atomic mass is 35.5. The molecule has 2 heterocycles. The van der Waals surface area contributed by atoms with E-state index in [1.54, 1.807) is 60.0 Å². The van der Waals surface area contributed by atoms with E-state index >= 15 is 0 Å². The maximum Gasteiger partial charge on any atom is 0.332 e. The van der Waals surface area contributed by atoms with Crippen LogP contribution in [0.1, 0.15) is 5.56 Å². The Bertz CT molecular complexity index is 1520. The Labute approximate surface area is 208 Å². The molecule has 0 aliphatic carbocycles. The van der Waals surface area contributed by atoms with Crippen LogP contribution >= 0.6 is 22.9 Å². The van der Waals surface area contributed by atoms with E-state index in [4.69, 9.17) is 16.3 Å². The van der Waals surface area contributed by atoms with Gasteiger partial charge in [0.2, 0.25) is 11.8 Å². The van der Waals surface area contributed by atoms with Crippen molar-refractivity contribution in [2.75, 3.05) is 12.4 Å². The van der Waals surface area contributed by atoms with Crippen molar-refractivity contribution in [2.45, 2.75) is 19.6 Å². The number of rotatable bonds is 8. The largest absolute Gasteiger partial charge is 0.495 e. The van der Waals surface area contributed by atoms with E-state index in [9.17, 15) is 19.2 Å². The van der Waals surface area contributed by atoms with Gasteiger partial charge in [-0.2, -0.15) is 0 Å². The summed E-state index contributed by atoms with van der Waals surface area (Å²) in [5, 5.41) is 7.53. The van der Waals surface area contributed by atoms with Crippen LogP contribution in [0.5, 0.6) is 5.75 Å². The highest BCUT2D eigenvalue weighted by Crippen LogP contribution is 2.23. The molecule has 0 radical (unpaired) electrons. The number of carbonyl (C=O) groups excluding carboxylic acids is 2. The van der Waals surface area contributed by atoms with Crippen LogP contribution in [-0.4, -0.2) is 28.1 Å². The van der Waals surface area contributed by atoms with Crippen LogP contribution in [0.2, 0.25) is 5.02 Å². The number of aromatic nitrogens is 2. The van der Waals surface area contributed by atoms with E-state index in [0.29, 0.717) is 27.5 Å². The Kier molecular flexibility index (Phi) is 7.33. The first-order chi connectivity index (χ1) is 16.9. The number of halogens is 1. The zero-order valence-corrected chi connectivity index (χ0v) is 20.2. The van der Waals surface area contributed by atoms with E-state index in [1.807, 2.05) is 0 Å². The molecule has 0 aliphatic rings. The molecule has 2 amide bonds. The number of anilines is 1. The van der Waals surface area contributed by atoms with Crippen LogP contribution in [0.3, 0.4) is 0 Å². The molecule has 4 rings (SSSR count). The van der Waals surface area contributed by atoms with Gasteiger partial charge in [-0.05, 0) is 35.2 Å². The number of hydrogen-bond acceptors (Lipinski definition) is 6. The zero-order chi connectivity index (χ0) is 24.9. The van der Waals surface area contributed by atoms with E-state index < -0.39 is 29.6 Å². The lowest BCUT2D eigenvalue weighted by molar-refractivity contribution is -0.122. The summed E-state index contributed by atoms with van der Waals surface area (Å²) >= 11 is 7.25. The summed E-state index contributed by atoms with van der Waals surface area (Å²) in [5.74, 6) is -0.559. The number of nitrogens with zero attached hydrogens (tertiary/aromatic N) is 2. The SMILES string of the molecule is COc1ccccc1NC(=O)Cn1c(=O)n(CC(=O)NCc2ccccc2Cl)c(=O)c2sccc21. The molecule has 11 heteroatoms. The maximum atomic E-state index is 13.2. The van der Waals surface area contributed by atoms with Crippen LogP contribution in [0.25, 0.3) is 10.2 Å². The summed E-state index contributed by atoms with van der Waals surface area (Å²) in [7, 11) is 1.48. The molecule has 0 saturated carbocycles. The van der Waals surface area contributed by atoms with Gasteiger partial charge in [-0.25, -0.2) is 9.36 Å². The van der Waals surface area contributed by atoms with Crippen LogP contribution in [0, 0.1) is 0 Å². The van der Waals surface area contributed by atoms with Gasteiger partial charge in [0.25, 0.3) is 5.56 Å². The third-order valence-electron chi connectivity index (χ3n) is 5.25. The van der Waals surface area contributed by atoms with Crippen molar-refractivity contribution < 1.29 is 14.3 Å². The smallest absolute Gasteiger partial charge is 0.332 e. The van der Waals surface area contributed by atoms with Gasteiger partial charge in [-0.1, -0.05) is 41.9 Å². The van der Waals surface area contributed by atoms with Gasteiger partial charge in [0.1, 0.15) is 23.5 Å². The quantitative estimate of drug-likeness (QED) is 0.377. The molecule has 0 unspecified atom stereocenters. The average Bonchev–Trinajstić information content (AvgIpc) is 3.34. The fraction of sp³-hybridized carbons (Fsp3) is 0.167. The van der Waals surface area contributed by atoms with Crippen LogP contribution < -0.4 is 26.6 Å². The van der Waals surface area contributed by atoms with Crippen molar-refractivity contribution >= 4 is 50.7 Å². The van der Waals surface area contributed by atoms with E-state index in [2.05, 4.69) is 10.6 Å². The van der Waals surface area contributed by atoms with Gasteiger partial charge < -0.3 is 15.4 Å². The Hall–Kier alpha value is -3.89. The van der Waals surface area contributed by atoms with Crippen molar-refractivity contribution in [3.8, 4) is 5.75 Å². The number of benzene rings is 2. The highest BCUT2D eigenvalue weighted by Gasteiger charge is 2.19. The maximum absolute atomic E-state index is 13.2. The number of carbonyl (C=O) groups is 2. The first-order valence-electron chi connectivity index (χ1n) is 10.5. The minimum atomic E-state index is -0.760. The van der Waals surface area contributed by atoms with Gasteiger partial charge in [-0.3, -0.25) is 19.0 Å². The molecule has 0 spiro atoms. The predicted octanol–water partition coefficient (Wildman–Crippen LogP) is 2.84. The van der Waals surface area contributed by atoms with Crippen molar-refractivity contribution in [1.29, 1.82) is 0 Å². The van der Waals surface area contributed by atoms with Crippen LogP contribution in [0.15, 0.2) is 69.6 Å². The lowest BCUT2D eigenvalue weighted by Crippen LogP contribution is -2.44. The Morgan fingerprint density at radius 1 is 0.971 bits per heavy atom. The van der Waals surface area contributed by atoms with E-state index in [1.165, 1.54) is 11.7 Å². The molecular weight excluding hydrogens is 492 g/mol. The molecule has 0 saturated heterocycles. The van der Waals surface area contributed by atoms with E-state index in [-0.39, 0.29) is 17.8 Å². The number of ether oxygens (including phenoxy) is 1. The minimum Gasteiger partial charge on any atom is -0.495 e.